The summed E-state index contributed by atoms with van der Waals surface area (Å²) in [6.07, 6.45) is 5.07. The molecule has 1 unspecified atom stereocenters. The van der Waals surface area contributed by atoms with Crippen molar-refractivity contribution in [2.24, 2.45) is 0 Å². The largest absolute Gasteiger partial charge is 0.367 e. The molecule has 0 saturated carbocycles. The Kier molecular flexibility index (Phi) is 4.66. The minimum atomic E-state index is 0.431. The molecule has 0 fully saturated rings. The molecule has 0 aromatic carbocycles. The molecule has 1 heterocycles. The van der Waals surface area contributed by atoms with Gasteiger partial charge >= 0.3 is 0 Å². The van der Waals surface area contributed by atoms with Crippen molar-refractivity contribution in [1.29, 1.82) is 0 Å². The summed E-state index contributed by atoms with van der Waals surface area (Å²) in [4.78, 5) is 7.90. The van der Waals surface area contributed by atoms with E-state index in [2.05, 4.69) is 29.1 Å². The maximum Gasteiger partial charge on any atom is 0.134 e. The van der Waals surface area contributed by atoms with Crippen molar-refractivity contribution in [1.82, 2.24) is 9.97 Å². The molecule has 0 aliphatic heterocycles. The molecule has 0 bridgehead atoms. The van der Waals surface area contributed by atoms with Gasteiger partial charge in [0.15, 0.2) is 0 Å². The maximum atomic E-state index is 5.74. The van der Waals surface area contributed by atoms with Crippen LogP contribution in [-0.2, 0) is 0 Å². The van der Waals surface area contributed by atoms with E-state index in [4.69, 9.17) is 11.6 Å². The summed E-state index contributed by atoms with van der Waals surface area (Å²) in [6, 6.07) is 2.17. The SMILES string of the molecule is CCCCC(C)Nc1cc(Cl)ncn1. The molecule has 0 spiro atoms. The average Bonchev–Trinajstić information content (AvgIpc) is 2.15. The van der Waals surface area contributed by atoms with Crippen LogP contribution in [0.25, 0.3) is 0 Å². The molecule has 14 heavy (non-hydrogen) atoms. The van der Waals surface area contributed by atoms with E-state index >= 15 is 0 Å². The summed E-state index contributed by atoms with van der Waals surface area (Å²) in [5.74, 6) is 0.800. The van der Waals surface area contributed by atoms with Crippen LogP contribution in [0.2, 0.25) is 5.15 Å². The second-order valence-electron chi connectivity index (χ2n) is 3.41. The Bertz CT molecular complexity index is 278. The van der Waals surface area contributed by atoms with Crippen molar-refractivity contribution in [2.75, 3.05) is 5.32 Å². The molecule has 4 heteroatoms. The van der Waals surface area contributed by atoms with Crippen LogP contribution in [0.1, 0.15) is 33.1 Å². The molecule has 1 N–H and O–H groups in total. The average molecular weight is 214 g/mol. The number of rotatable bonds is 5. The monoisotopic (exact) mass is 213 g/mol. The van der Waals surface area contributed by atoms with Gasteiger partial charge in [0.25, 0.3) is 0 Å². The Morgan fingerprint density at radius 1 is 1.50 bits per heavy atom. The maximum absolute atomic E-state index is 5.74. The lowest BCUT2D eigenvalue weighted by atomic mass is 10.1. The Hall–Kier alpha value is -0.830. The molecule has 1 rings (SSSR count). The predicted octanol–water partition coefficient (Wildman–Crippen LogP) is 3.12. The quantitative estimate of drug-likeness (QED) is 0.764. The van der Waals surface area contributed by atoms with Gasteiger partial charge in [-0.3, -0.25) is 0 Å². The first-order valence-corrected chi connectivity index (χ1v) is 5.34. The number of unbranched alkanes of at least 4 members (excludes halogenated alkanes) is 1. The van der Waals surface area contributed by atoms with E-state index in [1.807, 2.05) is 0 Å². The zero-order valence-corrected chi connectivity index (χ0v) is 9.38. The second-order valence-corrected chi connectivity index (χ2v) is 3.80. The number of aromatic nitrogens is 2. The molecule has 78 valence electrons. The number of halogens is 1. The standard InChI is InChI=1S/C10H16ClN3/c1-3-4-5-8(2)14-10-6-9(11)12-7-13-10/h6-8H,3-5H2,1-2H3,(H,12,13,14). The van der Waals surface area contributed by atoms with Gasteiger partial charge < -0.3 is 5.32 Å². The molecule has 3 nitrogen and oxygen atoms in total. The summed E-state index contributed by atoms with van der Waals surface area (Å²) < 4.78 is 0. The van der Waals surface area contributed by atoms with Crippen LogP contribution in [0, 0.1) is 0 Å². The van der Waals surface area contributed by atoms with E-state index in [0.29, 0.717) is 11.2 Å². The topological polar surface area (TPSA) is 37.8 Å². The number of nitrogens with one attached hydrogen (secondary N) is 1. The summed E-state index contributed by atoms with van der Waals surface area (Å²) in [6.45, 7) is 4.33. The number of hydrogen-bond acceptors (Lipinski definition) is 3. The van der Waals surface area contributed by atoms with Gasteiger partial charge in [-0.1, -0.05) is 31.4 Å². The van der Waals surface area contributed by atoms with Crippen molar-refractivity contribution >= 4 is 17.4 Å². The highest BCUT2D eigenvalue weighted by Crippen LogP contribution is 2.11. The predicted molar refractivity (Wildman–Crippen MR) is 59.7 cm³/mol. The Labute approximate surface area is 89.9 Å². The molecule has 1 atom stereocenters. The Morgan fingerprint density at radius 3 is 2.93 bits per heavy atom. The van der Waals surface area contributed by atoms with Crippen molar-refractivity contribution in [2.45, 2.75) is 39.2 Å². The highest BCUT2D eigenvalue weighted by atomic mass is 35.5. The molecule has 0 aliphatic carbocycles. The van der Waals surface area contributed by atoms with Crippen LogP contribution in [0.15, 0.2) is 12.4 Å². The number of nitrogens with zero attached hydrogens (tertiary/aromatic N) is 2. The fourth-order valence-corrected chi connectivity index (χ4v) is 1.39. The van der Waals surface area contributed by atoms with Crippen molar-refractivity contribution in [3.8, 4) is 0 Å². The fraction of sp³-hybridized carbons (Fsp3) is 0.600. The van der Waals surface area contributed by atoms with Gasteiger partial charge in [0, 0.05) is 12.1 Å². The first-order chi connectivity index (χ1) is 6.72. The van der Waals surface area contributed by atoms with Crippen LogP contribution in [0.4, 0.5) is 5.82 Å². The highest BCUT2D eigenvalue weighted by molar-refractivity contribution is 6.29. The van der Waals surface area contributed by atoms with Crippen molar-refractivity contribution in [3.05, 3.63) is 17.5 Å². The second kappa shape index (κ2) is 5.81. The fourth-order valence-electron chi connectivity index (χ4n) is 1.25. The minimum Gasteiger partial charge on any atom is -0.367 e. The molecule has 1 aromatic heterocycles. The normalized spacial score (nSPS) is 12.5. The summed E-state index contributed by atoms with van der Waals surface area (Å²) in [7, 11) is 0. The van der Waals surface area contributed by atoms with Gasteiger partial charge in [0.2, 0.25) is 0 Å². The first-order valence-electron chi connectivity index (χ1n) is 4.96. The van der Waals surface area contributed by atoms with Crippen LogP contribution < -0.4 is 5.32 Å². The lowest BCUT2D eigenvalue weighted by Crippen LogP contribution is -2.15. The highest BCUT2D eigenvalue weighted by Gasteiger charge is 2.02. The van der Waals surface area contributed by atoms with E-state index in [0.717, 1.165) is 12.2 Å². The third kappa shape index (κ3) is 3.92. The van der Waals surface area contributed by atoms with E-state index in [1.54, 1.807) is 6.07 Å². The summed E-state index contributed by atoms with van der Waals surface area (Å²) >= 11 is 5.74. The molecular formula is C10H16ClN3. The summed E-state index contributed by atoms with van der Waals surface area (Å²) in [5, 5.41) is 3.76. The molecule has 0 aliphatic rings. The van der Waals surface area contributed by atoms with Crippen LogP contribution in [0.5, 0.6) is 0 Å². The molecule has 1 aromatic rings. The van der Waals surface area contributed by atoms with Gasteiger partial charge in [-0.25, -0.2) is 9.97 Å². The van der Waals surface area contributed by atoms with Crippen molar-refractivity contribution < 1.29 is 0 Å². The van der Waals surface area contributed by atoms with Gasteiger partial charge in [0.1, 0.15) is 17.3 Å². The van der Waals surface area contributed by atoms with Crippen LogP contribution in [-0.4, -0.2) is 16.0 Å². The van der Waals surface area contributed by atoms with E-state index < -0.39 is 0 Å². The summed E-state index contributed by atoms with van der Waals surface area (Å²) in [5.41, 5.74) is 0. The molecule has 0 radical (unpaired) electrons. The van der Waals surface area contributed by atoms with Gasteiger partial charge in [0.05, 0.1) is 0 Å². The van der Waals surface area contributed by atoms with Crippen LogP contribution in [0.3, 0.4) is 0 Å². The van der Waals surface area contributed by atoms with E-state index in [9.17, 15) is 0 Å². The van der Waals surface area contributed by atoms with Gasteiger partial charge in [-0.15, -0.1) is 0 Å². The Balaban J connectivity index is 2.43. The van der Waals surface area contributed by atoms with Gasteiger partial charge in [-0.05, 0) is 13.3 Å². The third-order valence-corrected chi connectivity index (χ3v) is 2.23. The number of anilines is 1. The lowest BCUT2D eigenvalue weighted by Gasteiger charge is -2.13. The van der Waals surface area contributed by atoms with Gasteiger partial charge in [-0.2, -0.15) is 0 Å². The zero-order chi connectivity index (χ0) is 10.4. The van der Waals surface area contributed by atoms with Crippen LogP contribution >= 0.6 is 11.6 Å². The molecule has 0 amide bonds. The lowest BCUT2D eigenvalue weighted by molar-refractivity contribution is 0.643. The number of hydrogen-bond donors (Lipinski definition) is 1. The third-order valence-electron chi connectivity index (χ3n) is 2.02. The minimum absolute atomic E-state index is 0.431. The molecule has 0 saturated heterocycles. The van der Waals surface area contributed by atoms with E-state index in [1.165, 1.54) is 19.2 Å². The zero-order valence-electron chi connectivity index (χ0n) is 8.63. The van der Waals surface area contributed by atoms with Crippen molar-refractivity contribution in [3.63, 3.8) is 0 Å². The molecular weight excluding hydrogens is 198 g/mol. The van der Waals surface area contributed by atoms with E-state index in [-0.39, 0.29) is 0 Å². The smallest absolute Gasteiger partial charge is 0.134 e. The Morgan fingerprint density at radius 2 is 2.29 bits per heavy atom. The first kappa shape index (κ1) is 11.2.